The third-order valence-corrected chi connectivity index (χ3v) is 2.57. The van der Waals surface area contributed by atoms with E-state index in [1.54, 1.807) is 0 Å². The molecule has 0 aliphatic carbocycles. The molecule has 1 nitrogen and oxygen atoms in total. The molecule has 0 saturated heterocycles. The van der Waals surface area contributed by atoms with Crippen LogP contribution in [0.2, 0.25) is 0 Å². The lowest BCUT2D eigenvalue weighted by molar-refractivity contribution is 1.33. The molecular weight excluding hydrogens is 182 g/mol. The maximum Gasteiger partial charge on any atom is 0.0273 e. The fraction of sp³-hybridized carbons (Fsp3) is 0.214. The summed E-state index contributed by atoms with van der Waals surface area (Å²) in [6, 6.07) is 13.1. The highest BCUT2D eigenvalue weighted by atomic mass is 14.6. The van der Waals surface area contributed by atoms with Crippen LogP contribution >= 0.6 is 0 Å². The minimum Gasteiger partial charge on any atom is -0.301 e. The van der Waals surface area contributed by atoms with Crippen LogP contribution in [0.15, 0.2) is 41.4 Å². The number of benzene rings is 2. The van der Waals surface area contributed by atoms with E-state index in [4.69, 9.17) is 0 Å². The third-order valence-electron chi connectivity index (χ3n) is 2.57. The Morgan fingerprint density at radius 3 is 2.67 bits per heavy atom. The maximum absolute atomic E-state index is 4.00. The van der Waals surface area contributed by atoms with Gasteiger partial charge in [-0.15, -0.1) is 0 Å². The Hall–Kier alpha value is -1.63. The molecule has 0 aliphatic heterocycles. The van der Waals surface area contributed by atoms with Crippen LogP contribution in [0, 0.1) is 6.92 Å². The zero-order chi connectivity index (χ0) is 10.7. The molecule has 0 amide bonds. The minimum absolute atomic E-state index is 0.917. The molecule has 76 valence electrons. The number of nitrogens with zero attached hydrogens (tertiary/aromatic N) is 1. The van der Waals surface area contributed by atoms with Gasteiger partial charge in [0.15, 0.2) is 0 Å². The van der Waals surface area contributed by atoms with Gasteiger partial charge < -0.3 is 4.99 Å². The second kappa shape index (κ2) is 4.26. The Balaban J connectivity index is 2.44. The Bertz CT molecular complexity index is 498. The number of hydrogen-bond acceptors (Lipinski definition) is 1. The van der Waals surface area contributed by atoms with E-state index in [1.807, 2.05) is 13.3 Å². The van der Waals surface area contributed by atoms with Crippen LogP contribution in [0.1, 0.15) is 11.1 Å². The van der Waals surface area contributed by atoms with Gasteiger partial charge >= 0.3 is 0 Å². The topological polar surface area (TPSA) is 12.4 Å². The molecular formula is C14H15N. The van der Waals surface area contributed by atoms with E-state index in [1.165, 1.54) is 21.9 Å². The number of aliphatic imine (C=N–C) groups is 1. The smallest absolute Gasteiger partial charge is 0.0273 e. The summed E-state index contributed by atoms with van der Waals surface area (Å²) in [7, 11) is 1.81. The SMILES string of the molecule is C/N=C\Cc1ccc2ccc(C)cc2c1. The summed E-state index contributed by atoms with van der Waals surface area (Å²) in [6.07, 6.45) is 2.86. The summed E-state index contributed by atoms with van der Waals surface area (Å²) in [5.41, 5.74) is 2.63. The van der Waals surface area contributed by atoms with Gasteiger partial charge in [0.2, 0.25) is 0 Å². The average molecular weight is 197 g/mol. The molecule has 0 unspecified atom stereocenters. The Labute approximate surface area is 90.5 Å². The number of fused-ring (bicyclic) bond motifs is 1. The summed E-state index contributed by atoms with van der Waals surface area (Å²) in [6.45, 7) is 2.12. The first-order chi connectivity index (χ1) is 7.29. The zero-order valence-corrected chi connectivity index (χ0v) is 9.20. The van der Waals surface area contributed by atoms with E-state index in [-0.39, 0.29) is 0 Å². The molecule has 0 saturated carbocycles. The van der Waals surface area contributed by atoms with Crippen molar-refractivity contribution < 1.29 is 0 Å². The normalized spacial score (nSPS) is 11.3. The Kier molecular flexibility index (Phi) is 2.82. The molecule has 0 fully saturated rings. The second-order valence-corrected chi connectivity index (χ2v) is 3.83. The molecule has 0 atom stereocenters. The largest absolute Gasteiger partial charge is 0.301 e. The van der Waals surface area contributed by atoms with Crippen molar-refractivity contribution in [2.75, 3.05) is 7.05 Å². The fourth-order valence-electron chi connectivity index (χ4n) is 1.74. The average Bonchev–Trinajstić information content (AvgIpc) is 2.25. The molecule has 2 aromatic rings. The summed E-state index contributed by atoms with van der Waals surface area (Å²) in [5, 5.41) is 2.62. The first-order valence-corrected chi connectivity index (χ1v) is 5.19. The van der Waals surface area contributed by atoms with Crippen molar-refractivity contribution in [3.63, 3.8) is 0 Å². The van der Waals surface area contributed by atoms with Crippen LogP contribution in [0.25, 0.3) is 10.8 Å². The van der Waals surface area contributed by atoms with E-state index in [0.29, 0.717) is 0 Å². The van der Waals surface area contributed by atoms with Gasteiger partial charge in [-0.3, -0.25) is 0 Å². The van der Waals surface area contributed by atoms with Gasteiger partial charge in [-0.1, -0.05) is 42.0 Å². The zero-order valence-electron chi connectivity index (χ0n) is 9.20. The van der Waals surface area contributed by atoms with Crippen molar-refractivity contribution >= 4 is 17.0 Å². The van der Waals surface area contributed by atoms with Gasteiger partial charge in [0.05, 0.1) is 0 Å². The summed E-state index contributed by atoms with van der Waals surface area (Å²) >= 11 is 0. The van der Waals surface area contributed by atoms with E-state index in [9.17, 15) is 0 Å². The Morgan fingerprint density at radius 2 is 1.87 bits per heavy atom. The lowest BCUT2D eigenvalue weighted by Crippen LogP contribution is -1.86. The quantitative estimate of drug-likeness (QED) is 0.654. The van der Waals surface area contributed by atoms with E-state index in [2.05, 4.69) is 48.3 Å². The van der Waals surface area contributed by atoms with Crippen molar-refractivity contribution in [2.24, 2.45) is 4.99 Å². The van der Waals surface area contributed by atoms with Crippen molar-refractivity contribution in [3.8, 4) is 0 Å². The van der Waals surface area contributed by atoms with E-state index < -0.39 is 0 Å². The second-order valence-electron chi connectivity index (χ2n) is 3.83. The molecule has 0 radical (unpaired) electrons. The van der Waals surface area contributed by atoms with Gasteiger partial charge in [-0.05, 0) is 23.3 Å². The van der Waals surface area contributed by atoms with Crippen LogP contribution < -0.4 is 0 Å². The molecule has 0 aromatic heterocycles. The molecule has 0 spiro atoms. The van der Waals surface area contributed by atoms with Crippen molar-refractivity contribution in [1.82, 2.24) is 0 Å². The van der Waals surface area contributed by atoms with Crippen LogP contribution in [0.4, 0.5) is 0 Å². The van der Waals surface area contributed by atoms with Gasteiger partial charge in [-0.25, -0.2) is 0 Å². The van der Waals surface area contributed by atoms with Gasteiger partial charge in [0, 0.05) is 19.7 Å². The highest BCUT2D eigenvalue weighted by Gasteiger charge is 1.95. The van der Waals surface area contributed by atoms with Crippen molar-refractivity contribution in [2.45, 2.75) is 13.3 Å². The third kappa shape index (κ3) is 2.24. The van der Waals surface area contributed by atoms with E-state index in [0.717, 1.165) is 6.42 Å². The number of hydrogen-bond donors (Lipinski definition) is 0. The standard InChI is InChI=1S/C14H15N/c1-11-3-5-13-6-4-12(7-8-15-2)10-14(13)9-11/h3-6,8-10H,7H2,1-2H3/b15-8-. The van der Waals surface area contributed by atoms with Crippen LogP contribution in [-0.2, 0) is 6.42 Å². The highest BCUT2D eigenvalue weighted by Crippen LogP contribution is 2.17. The van der Waals surface area contributed by atoms with Gasteiger partial charge in [0.1, 0.15) is 0 Å². The maximum atomic E-state index is 4.00. The molecule has 1 heteroatoms. The van der Waals surface area contributed by atoms with Crippen LogP contribution in [0.5, 0.6) is 0 Å². The molecule has 2 aromatic carbocycles. The number of rotatable bonds is 2. The molecule has 0 bridgehead atoms. The molecule has 0 aliphatic rings. The summed E-state index contributed by atoms with van der Waals surface area (Å²) in [4.78, 5) is 4.00. The molecule has 2 rings (SSSR count). The first-order valence-electron chi connectivity index (χ1n) is 5.19. The Morgan fingerprint density at radius 1 is 1.07 bits per heavy atom. The molecule has 0 heterocycles. The number of aryl methyl sites for hydroxylation is 1. The summed E-state index contributed by atoms with van der Waals surface area (Å²) < 4.78 is 0. The predicted octanol–water partition coefficient (Wildman–Crippen LogP) is 3.39. The molecule has 15 heavy (non-hydrogen) atoms. The highest BCUT2D eigenvalue weighted by molar-refractivity contribution is 5.84. The lowest BCUT2D eigenvalue weighted by Gasteiger charge is -2.02. The van der Waals surface area contributed by atoms with Gasteiger partial charge in [-0.2, -0.15) is 0 Å². The van der Waals surface area contributed by atoms with Gasteiger partial charge in [0.25, 0.3) is 0 Å². The fourth-order valence-corrected chi connectivity index (χ4v) is 1.74. The minimum atomic E-state index is 0.917. The van der Waals surface area contributed by atoms with Crippen LogP contribution in [-0.4, -0.2) is 13.3 Å². The summed E-state index contributed by atoms with van der Waals surface area (Å²) in [5.74, 6) is 0. The lowest BCUT2D eigenvalue weighted by atomic mass is 10.0. The van der Waals surface area contributed by atoms with Crippen LogP contribution in [0.3, 0.4) is 0 Å². The van der Waals surface area contributed by atoms with Crippen molar-refractivity contribution in [1.29, 1.82) is 0 Å². The predicted molar refractivity (Wildman–Crippen MR) is 66.8 cm³/mol. The molecule has 0 N–H and O–H groups in total. The first kappa shape index (κ1) is 9.91. The van der Waals surface area contributed by atoms with Crippen molar-refractivity contribution in [3.05, 3.63) is 47.5 Å². The van der Waals surface area contributed by atoms with E-state index >= 15 is 0 Å². The monoisotopic (exact) mass is 197 g/mol.